The van der Waals surface area contributed by atoms with Crippen LogP contribution in [0.3, 0.4) is 0 Å². The molecular formula is C10H17Cl2Zr-3. The Balaban J connectivity index is -0.0000000256. The van der Waals surface area contributed by atoms with Gasteiger partial charge < -0.3 is 39.2 Å². The molecule has 1 aliphatic rings. The fraction of sp³-hybridized carbons (Fsp3) is 0.400. The molecule has 0 unspecified atom stereocenters. The van der Waals surface area contributed by atoms with E-state index in [1.165, 1.54) is 6.42 Å². The second-order valence-corrected chi connectivity index (χ2v) is 1.86. The van der Waals surface area contributed by atoms with E-state index < -0.39 is 0 Å². The quantitative estimate of drug-likeness (QED) is 0.465. The maximum Gasteiger partial charge on any atom is 2.00 e. The Bertz CT molecular complexity index is 89.1. The van der Waals surface area contributed by atoms with Crippen molar-refractivity contribution in [1.82, 2.24) is 0 Å². The predicted octanol–water partition coefficient (Wildman–Crippen LogP) is -2.62. The minimum absolute atomic E-state index is 0. The van der Waals surface area contributed by atoms with Crippen molar-refractivity contribution in [3.05, 3.63) is 38.7 Å². The normalized spacial score (nSPS) is 9.08. The van der Waals surface area contributed by atoms with Gasteiger partial charge in [0.2, 0.25) is 0 Å². The van der Waals surface area contributed by atoms with E-state index in [1.807, 2.05) is 12.2 Å². The minimum Gasteiger partial charge on any atom is -1.00 e. The Hall–Kier alpha value is 0.943. The number of unbranched alkanes of at least 4 members (excludes halogenated alkanes) is 1. The first-order valence-corrected chi connectivity index (χ1v) is 3.42. The molecule has 3 heteroatoms. The van der Waals surface area contributed by atoms with Crippen molar-refractivity contribution in [3.8, 4) is 0 Å². The SMILES string of the molecule is [C-]1=CC=CC1.[CH2-]CCC.[CH3-].[Cl-].[Cl-].[Zr+2]. The topological polar surface area (TPSA) is 0 Å². The molecule has 0 heterocycles. The zero-order valence-electron chi connectivity index (χ0n) is 8.32. The van der Waals surface area contributed by atoms with Crippen LogP contribution in [-0.4, -0.2) is 0 Å². The molecule has 1 rings (SSSR count). The first-order chi connectivity index (χ1) is 4.41. The van der Waals surface area contributed by atoms with Gasteiger partial charge >= 0.3 is 26.2 Å². The first kappa shape index (κ1) is 29.2. The third-order valence-electron chi connectivity index (χ3n) is 0.939. The molecule has 0 saturated carbocycles. The van der Waals surface area contributed by atoms with Gasteiger partial charge in [-0.2, -0.15) is 12.5 Å². The number of hydrogen-bond donors (Lipinski definition) is 0. The zero-order valence-corrected chi connectivity index (χ0v) is 12.3. The summed E-state index contributed by atoms with van der Waals surface area (Å²) in [5.74, 6) is 0. The molecule has 0 N–H and O–H groups in total. The van der Waals surface area contributed by atoms with Crippen molar-refractivity contribution in [1.29, 1.82) is 0 Å². The molecule has 0 fully saturated rings. The van der Waals surface area contributed by atoms with E-state index in [0.29, 0.717) is 0 Å². The van der Waals surface area contributed by atoms with Gasteiger partial charge in [-0.1, -0.05) is 13.3 Å². The van der Waals surface area contributed by atoms with Gasteiger partial charge in [0.1, 0.15) is 0 Å². The van der Waals surface area contributed by atoms with Crippen LogP contribution >= 0.6 is 0 Å². The van der Waals surface area contributed by atoms with E-state index in [-0.39, 0.29) is 58.4 Å². The molecule has 13 heavy (non-hydrogen) atoms. The minimum atomic E-state index is 0. The summed E-state index contributed by atoms with van der Waals surface area (Å²) in [6.07, 6.45) is 12.3. The summed E-state index contributed by atoms with van der Waals surface area (Å²) in [6, 6.07) is 0. The standard InChI is InChI=1S/C5H5.C4H9.CH3.2ClH.Zr/c1-2-4-5-3-1;1-3-4-2;;;;/h1-3H,4H2;1,3-4H2,2H3;1H3;2*1H;/q3*-1;;;+2/p-2. The zero-order chi connectivity index (χ0) is 6.95. The van der Waals surface area contributed by atoms with E-state index in [1.54, 1.807) is 0 Å². The van der Waals surface area contributed by atoms with Gasteiger partial charge in [0.25, 0.3) is 0 Å². The molecule has 0 spiro atoms. The Labute approximate surface area is 115 Å². The molecule has 0 bridgehead atoms. The summed E-state index contributed by atoms with van der Waals surface area (Å²) in [4.78, 5) is 0. The van der Waals surface area contributed by atoms with Gasteiger partial charge in [-0.25, -0.2) is 12.2 Å². The number of allylic oxidation sites excluding steroid dienone is 4. The number of hydrogen-bond acceptors (Lipinski definition) is 0. The Kier molecular flexibility index (Phi) is 65.7. The van der Waals surface area contributed by atoms with E-state index in [9.17, 15) is 0 Å². The van der Waals surface area contributed by atoms with Gasteiger partial charge in [-0.05, 0) is 0 Å². The Morgan fingerprint density at radius 1 is 1.38 bits per heavy atom. The van der Waals surface area contributed by atoms with Crippen LogP contribution in [0.5, 0.6) is 0 Å². The van der Waals surface area contributed by atoms with E-state index in [2.05, 4.69) is 26.0 Å². The van der Waals surface area contributed by atoms with Gasteiger partial charge in [0.05, 0.1) is 0 Å². The average molecular weight is 299 g/mol. The molecule has 0 aromatic rings. The van der Waals surface area contributed by atoms with Crippen LogP contribution in [-0.2, 0) is 26.2 Å². The molecule has 78 valence electrons. The maximum atomic E-state index is 3.60. The van der Waals surface area contributed by atoms with Crippen molar-refractivity contribution < 1.29 is 51.0 Å². The third kappa shape index (κ3) is 32.2. The second-order valence-electron chi connectivity index (χ2n) is 1.86. The second kappa shape index (κ2) is 29.3. The number of halogens is 2. The smallest absolute Gasteiger partial charge is 1.00 e. The molecule has 0 aliphatic heterocycles. The molecule has 0 radical (unpaired) electrons. The average Bonchev–Trinajstić information content (AvgIpc) is 2.43. The van der Waals surface area contributed by atoms with E-state index in [0.717, 1.165) is 12.8 Å². The molecular weight excluding hydrogens is 282 g/mol. The van der Waals surface area contributed by atoms with Gasteiger partial charge in [0.15, 0.2) is 0 Å². The van der Waals surface area contributed by atoms with Crippen LogP contribution in [0.15, 0.2) is 18.2 Å². The van der Waals surface area contributed by atoms with Gasteiger partial charge in [0, 0.05) is 0 Å². The third-order valence-corrected chi connectivity index (χ3v) is 0.939. The van der Waals surface area contributed by atoms with Gasteiger partial charge in [-0.3, -0.25) is 6.08 Å². The summed E-state index contributed by atoms with van der Waals surface area (Å²) >= 11 is 0. The summed E-state index contributed by atoms with van der Waals surface area (Å²) in [5, 5.41) is 0. The van der Waals surface area contributed by atoms with Crippen LogP contribution in [0.4, 0.5) is 0 Å². The fourth-order valence-electron chi connectivity index (χ4n) is 0.340. The van der Waals surface area contributed by atoms with Crippen LogP contribution in [0.2, 0.25) is 0 Å². The van der Waals surface area contributed by atoms with Crippen LogP contribution in [0.25, 0.3) is 0 Å². The predicted molar refractivity (Wildman–Crippen MR) is 48.2 cm³/mol. The van der Waals surface area contributed by atoms with E-state index in [4.69, 9.17) is 0 Å². The summed E-state index contributed by atoms with van der Waals surface area (Å²) in [7, 11) is 0. The van der Waals surface area contributed by atoms with E-state index >= 15 is 0 Å². The molecule has 1 aliphatic carbocycles. The monoisotopic (exact) mass is 297 g/mol. The van der Waals surface area contributed by atoms with Crippen LogP contribution < -0.4 is 24.8 Å². The van der Waals surface area contributed by atoms with Crippen LogP contribution in [0.1, 0.15) is 26.2 Å². The van der Waals surface area contributed by atoms with Gasteiger partial charge in [-0.15, -0.1) is 6.42 Å². The van der Waals surface area contributed by atoms with Crippen molar-refractivity contribution in [2.75, 3.05) is 0 Å². The summed E-state index contributed by atoms with van der Waals surface area (Å²) < 4.78 is 0. The molecule has 0 aromatic heterocycles. The largest absolute Gasteiger partial charge is 2.00 e. The molecule has 0 nitrogen and oxygen atoms in total. The first-order valence-electron chi connectivity index (χ1n) is 3.42. The summed E-state index contributed by atoms with van der Waals surface area (Å²) in [5.41, 5.74) is 0. The number of rotatable bonds is 1. The fourth-order valence-corrected chi connectivity index (χ4v) is 0.340. The Morgan fingerprint density at radius 2 is 1.85 bits per heavy atom. The summed E-state index contributed by atoms with van der Waals surface area (Å²) in [6.45, 7) is 5.72. The Morgan fingerprint density at radius 3 is 1.92 bits per heavy atom. The van der Waals surface area contributed by atoms with Crippen molar-refractivity contribution >= 4 is 0 Å². The molecule has 0 saturated heterocycles. The van der Waals surface area contributed by atoms with Crippen LogP contribution in [0, 0.1) is 20.4 Å². The molecule has 0 amide bonds. The molecule has 0 aromatic carbocycles. The maximum absolute atomic E-state index is 3.60. The molecule has 0 atom stereocenters. The van der Waals surface area contributed by atoms with Crippen molar-refractivity contribution in [2.45, 2.75) is 26.2 Å². The van der Waals surface area contributed by atoms with Crippen molar-refractivity contribution in [2.24, 2.45) is 0 Å². The van der Waals surface area contributed by atoms with Crippen molar-refractivity contribution in [3.63, 3.8) is 0 Å².